The smallest absolute Gasteiger partial charge is 0.491 e. The SMILES string of the molecule is CC(C)CNCc1c(Cl)cccc1OCCOC(F)(F)F. The number of nitrogens with one attached hydrogen (secondary N) is 1. The van der Waals surface area contributed by atoms with Gasteiger partial charge in [-0.15, -0.1) is 13.2 Å². The van der Waals surface area contributed by atoms with Crippen LogP contribution in [-0.4, -0.2) is 26.1 Å². The summed E-state index contributed by atoms with van der Waals surface area (Å²) in [5, 5.41) is 3.74. The Morgan fingerprint density at radius 2 is 1.95 bits per heavy atom. The predicted octanol–water partition coefficient (Wildman–Crippen LogP) is 4.00. The molecule has 0 saturated heterocycles. The third kappa shape index (κ3) is 7.55. The van der Waals surface area contributed by atoms with Crippen molar-refractivity contribution >= 4 is 11.6 Å². The van der Waals surface area contributed by atoms with Crippen molar-refractivity contribution in [3.63, 3.8) is 0 Å². The summed E-state index contributed by atoms with van der Waals surface area (Å²) in [5.41, 5.74) is 0.729. The van der Waals surface area contributed by atoms with Gasteiger partial charge in [-0.2, -0.15) is 0 Å². The third-order valence-electron chi connectivity index (χ3n) is 2.54. The van der Waals surface area contributed by atoms with Crippen LogP contribution in [0.1, 0.15) is 19.4 Å². The number of hydrogen-bond donors (Lipinski definition) is 1. The molecule has 0 atom stereocenters. The van der Waals surface area contributed by atoms with E-state index in [9.17, 15) is 13.2 Å². The topological polar surface area (TPSA) is 30.5 Å². The maximum absolute atomic E-state index is 11.9. The van der Waals surface area contributed by atoms with E-state index in [4.69, 9.17) is 16.3 Å². The van der Waals surface area contributed by atoms with Gasteiger partial charge in [0.2, 0.25) is 0 Å². The molecule has 0 aliphatic carbocycles. The zero-order valence-electron chi connectivity index (χ0n) is 12.0. The van der Waals surface area contributed by atoms with Crippen molar-refractivity contribution in [2.45, 2.75) is 26.8 Å². The average molecular weight is 326 g/mol. The number of hydrogen-bond acceptors (Lipinski definition) is 3. The summed E-state index contributed by atoms with van der Waals surface area (Å²) in [6.45, 7) is 4.69. The van der Waals surface area contributed by atoms with Gasteiger partial charge in [0.25, 0.3) is 0 Å². The molecule has 3 nitrogen and oxygen atoms in total. The summed E-state index contributed by atoms with van der Waals surface area (Å²) in [4.78, 5) is 0. The van der Waals surface area contributed by atoms with E-state index in [0.29, 0.717) is 23.2 Å². The number of rotatable bonds is 8. The van der Waals surface area contributed by atoms with E-state index in [-0.39, 0.29) is 6.61 Å². The van der Waals surface area contributed by atoms with Crippen LogP contribution in [0.2, 0.25) is 5.02 Å². The second kappa shape index (κ2) is 8.46. The van der Waals surface area contributed by atoms with Gasteiger partial charge in [-0.3, -0.25) is 4.74 Å². The van der Waals surface area contributed by atoms with E-state index in [2.05, 4.69) is 23.9 Å². The summed E-state index contributed by atoms with van der Waals surface area (Å²) in [6, 6.07) is 5.08. The van der Waals surface area contributed by atoms with Crippen LogP contribution in [0, 0.1) is 5.92 Å². The highest BCUT2D eigenvalue weighted by Gasteiger charge is 2.28. The third-order valence-corrected chi connectivity index (χ3v) is 2.89. The van der Waals surface area contributed by atoms with Gasteiger partial charge in [-0.1, -0.05) is 31.5 Å². The molecule has 21 heavy (non-hydrogen) atoms. The van der Waals surface area contributed by atoms with Crippen molar-refractivity contribution in [2.75, 3.05) is 19.8 Å². The monoisotopic (exact) mass is 325 g/mol. The minimum Gasteiger partial charge on any atom is -0.491 e. The zero-order chi connectivity index (χ0) is 15.9. The molecule has 0 radical (unpaired) electrons. The Kier molecular flexibility index (Phi) is 7.28. The molecule has 1 aromatic carbocycles. The van der Waals surface area contributed by atoms with Crippen molar-refractivity contribution in [3.05, 3.63) is 28.8 Å². The van der Waals surface area contributed by atoms with Gasteiger partial charge in [-0.05, 0) is 24.6 Å². The van der Waals surface area contributed by atoms with Gasteiger partial charge < -0.3 is 10.1 Å². The molecule has 0 bridgehead atoms. The number of halogens is 4. The van der Waals surface area contributed by atoms with Gasteiger partial charge in [0.1, 0.15) is 12.4 Å². The molecular weight excluding hydrogens is 307 g/mol. The standard InChI is InChI=1S/C14H19ClF3NO2/c1-10(2)8-19-9-11-12(15)4-3-5-13(11)20-6-7-21-14(16,17)18/h3-5,10,19H,6-9H2,1-2H3. The molecular formula is C14H19ClF3NO2. The number of ether oxygens (including phenoxy) is 2. The number of alkyl halides is 3. The predicted molar refractivity (Wildman–Crippen MR) is 75.5 cm³/mol. The molecule has 1 rings (SSSR count). The van der Waals surface area contributed by atoms with Gasteiger partial charge in [0.15, 0.2) is 0 Å². The normalized spacial score (nSPS) is 12.0. The molecule has 0 spiro atoms. The van der Waals surface area contributed by atoms with E-state index in [0.717, 1.165) is 12.1 Å². The Hall–Kier alpha value is -0.980. The largest absolute Gasteiger partial charge is 0.522 e. The van der Waals surface area contributed by atoms with Crippen LogP contribution in [0.4, 0.5) is 13.2 Å². The lowest BCUT2D eigenvalue weighted by molar-refractivity contribution is -0.325. The van der Waals surface area contributed by atoms with Crippen LogP contribution in [0.3, 0.4) is 0 Å². The van der Waals surface area contributed by atoms with Crippen molar-refractivity contribution in [3.8, 4) is 5.75 Å². The molecule has 0 aromatic heterocycles. The van der Waals surface area contributed by atoms with E-state index < -0.39 is 13.0 Å². The highest BCUT2D eigenvalue weighted by molar-refractivity contribution is 6.31. The molecule has 0 aliphatic rings. The Labute approximate surface area is 127 Å². The first-order chi connectivity index (χ1) is 9.79. The highest BCUT2D eigenvalue weighted by Crippen LogP contribution is 2.26. The van der Waals surface area contributed by atoms with Crippen molar-refractivity contribution < 1.29 is 22.6 Å². The van der Waals surface area contributed by atoms with E-state index in [1.807, 2.05) is 0 Å². The van der Waals surface area contributed by atoms with Crippen LogP contribution in [0.25, 0.3) is 0 Å². The van der Waals surface area contributed by atoms with Crippen LogP contribution in [0.15, 0.2) is 18.2 Å². The second-order valence-electron chi connectivity index (χ2n) is 4.88. The fourth-order valence-electron chi connectivity index (χ4n) is 1.64. The van der Waals surface area contributed by atoms with Crippen molar-refractivity contribution in [1.82, 2.24) is 5.32 Å². The second-order valence-corrected chi connectivity index (χ2v) is 5.29. The average Bonchev–Trinajstić information content (AvgIpc) is 2.36. The summed E-state index contributed by atoms with van der Waals surface area (Å²) >= 11 is 6.10. The Morgan fingerprint density at radius 3 is 2.57 bits per heavy atom. The van der Waals surface area contributed by atoms with Gasteiger partial charge in [-0.25, -0.2) is 0 Å². The molecule has 1 N–H and O–H groups in total. The van der Waals surface area contributed by atoms with E-state index in [1.54, 1.807) is 18.2 Å². The molecule has 0 heterocycles. The molecule has 7 heteroatoms. The van der Waals surface area contributed by atoms with Gasteiger partial charge in [0, 0.05) is 17.1 Å². The summed E-state index contributed by atoms with van der Waals surface area (Å²) in [7, 11) is 0. The van der Waals surface area contributed by atoms with Crippen molar-refractivity contribution in [2.24, 2.45) is 5.92 Å². The lowest BCUT2D eigenvalue weighted by atomic mass is 10.1. The summed E-state index contributed by atoms with van der Waals surface area (Å²) in [6.07, 6.45) is -4.64. The van der Waals surface area contributed by atoms with Gasteiger partial charge in [0.05, 0.1) is 6.61 Å². The molecule has 0 fully saturated rings. The minimum absolute atomic E-state index is 0.197. The molecule has 120 valence electrons. The molecule has 0 amide bonds. The maximum atomic E-state index is 11.9. The Balaban J connectivity index is 2.54. The van der Waals surface area contributed by atoms with Crippen LogP contribution < -0.4 is 10.1 Å². The molecule has 1 aromatic rings. The fourth-order valence-corrected chi connectivity index (χ4v) is 1.87. The highest BCUT2D eigenvalue weighted by atomic mass is 35.5. The molecule has 0 unspecified atom stereocenters. The minimum atomic E-state index is -4.64. The zero-order valence-corrected chi connectivity index (χ0v) is 12.7. The first-order valence-corrected chi connectivity index (χ1v) is 6.99. The molecule has 0 saturated carbocycles. The Morgan fingerprint density at radius 1 is 1.24 bits per heavy atom. The van der Waals surface area contributed by atoms with E-state index >= 15 is 0 Å². The summed E-state index contributed by atoms with van der Waals surface area (Å²) < 4.78 is 44.6. The molecule has 0 aliphatic heterocycles. The van der Waals surface area contributed by atoms with E-state index in [1.165, 1.54) is 0 Å². The van der Waals surface area contributed by atoms with Crippen LogP contribution in [-0.2, 0) is 11.3 Å². The fraction of sp³-hybridized carbons (Fsp3) is 0.571. The lowest BCUT2D eigenvalue weighted by Gasteiger charge is -2.15. The lowest BCUT2D eigenvalue weighted by Crippen LogP contribution is -2.21. The van der Waals surface area contributed by atoms with Crippen LogP contribution in [0.5, 0.6) is 5.75 Å². The Bertz CT molecular complexity index is 439. The van der Waals surface area contributed by atoms with Crippen LogP contribution >= 0.6 is 11.6 Å². The number of benzene rings is 1. The summed E-state index contributed by atoms with van der Waals surface area (Å²) in [5.74, 6) is 0.946. The first kappa shape index (κ1) is 18.1. The quantitative estimate of drug-likeness (QED) is 0.733. The van der Waals surface area contributed by atoms with Gasteiger partial charge >= 0.3 is 6.36 Å². The van der Waals surface area contributed by atoms with Crippen molar-refractivity contribution in [1.29, 1.82) is 0 Å². The maximum Gasteiger partial charge on any atom is 0.522 e. The first-order valence-electron chi connectivity index (χ1n) is 6.61.